The molecule has 0 fully saturated rings. The maximum Gasteiger partial charge on any atom is 0.394 e. The summed E-state index contributed by atoms with van der Waals surface area (Å²) >= 11 is 0. The smallest absolute Gasteiger partial charge is 0.394 e. The quantitative estimate of drug-likeness (QED) is 0.172. The minimum Gasteiger partial charge on any atom is -0.448 e. The molecular weight excluding hydrogens is 483 g/mol. The number of aryl methyl sites for hydroxylation is 1. The van der Waals surface area contributed by atoms with Gasteiger partial charge in [0.15, 0.2) is 6.20 Å². The van der Waals surface area contributed by atoms with Gasteiger partial charge in [-0.25, -0.2) is 4.57 Å². The minimum absolute atomic E-state index is 0.0588. The molecule has 0 saturated heterocycles. The summed E-state index contributed by atoms with van der Waals surface area (Å²) in [5, 5.41) is 3.34. The van der Waals surface area contributed by atoms with Crippen molar-refractivity contribution in [3.63, 3.8) is 0 Å². The van der Waals surface area contributed by atoms with Gasteiger partial charge in [0.1, 0.15) is 11.4 Å². The molecule has 5 heteroatoms. The number of alkyl halides is 3. The molecule has 196 valence electrons. The highest BCUT2D eigenvalue weighted by Gasteiger charge is 2.46. The Balaban J connectivity index is 1.59. The third-order valence-corrected chi connectivity index (χ3v) is 7.37. The highest BCUT2D eigenvalue weighted by molar-refractivity contribution is 5.89. The summed E-state index contributed by atoms with van der Waals surface area (Å²) in [6.07, 6.45) is -1.02. The molecule has 0 spiro atoms. The fourth-order valence-corrected chi connectivity index (χ4v) is 5.02. The van der Waals surface area contributed by atoms with Crippen LogP contribution in [0.15, 0.2) is 77.2 Å². The van der Waals surface area contributed by atoms with Gasteiger partial charge in [0.2, 0.25) is 0 Å². The Kier molecular flexibility index (Phi) is 6.17. The molecule has 0 radical (unpaired) electrons. The molecule has 2 aromatic heterocycles. The minimum atomic E-state index is -4.26. The molecule has 2 nitrogen and oxygen atoms in total. The topological polar surface area (TPSA) is 17.0 Å². The molecular formula is C33H32F3NO. The molecule has 0 bridgehead atoms. The van der Waals surface area contributed by atoms with Gasteiger partial charge < -0.3 is 4.42 Å². The van der Waals surface area contributed by atoms with Crippen molar-refractivity contribution >= 4 is 21.9 Å². The second kappa shape index (κ2) is 9.00. The molecule has 2 heterocycles. The predicted octanol–water partition coefficient (Wildman–Crippen LogP) is 9.07. The van der Waals surface area contributed by atoms with Crippen LogP contribution in [-0.4, -0.2) is 6.18 Å². The Labute approximate surface area is 221 Å². The first-order valence-electron chi connectivity index (χ1n) is 12.8. The lowest BCUT2D eigenvalue weighted by molar-refractivity contribution is -0.579. The summed E-state index contributed by atoms with van der Waals surface area (Å²) in [7, 11) is 0. The van der Waals surface area contributed by atoms with Crippen molar-refractivity contribution < 1.29 is 22.2 Å². The summed E-state index contributed by atoms with van der Waals surface area (Å²) in [5.74, 6) is 0.701. The Morgan fingerprint density at radius 1 is 0.842 bits per heavy atom. The van der Waals surface area contributed by atoms with Crippen molar-refractivity contribution in [3.8, 4) is 17.0 Å². The van der Waals surface area contributed by atoms with Gasteiger partial charge >= 0.3 is 6.18 Å². The summed E-state index contributed by atoms with van der Waals surface area (Å²) in [6, 6.07) is 23.8. The van der Waals surface area contributed by atoms with E-state index >= 15 is 0 Å². The average Bonchev–Trinajstić information content (AvgIpc) is 3.19. The van der Waals surface area contributed by atoms with Crippen molar-refractivity contribution in [2.45, 2.75) is 59.6 Å². The normalized spacial score (nSPS) is 13.0. The number of rotatable bonds is 4. The van der Waals surface area contributed by atoms with E-state index in [1.807, 2.05) is 41.8 Å². The molecule has 0 aliphatic carbocycles. The van der Waals surface area contributed by atoms with Crippen molar-refractivity contribution in [1.82, 2.24) is 0 Å². The lowest BCUT2D eigenvalue weighted by Gasteiger charge is -2.27. The zero-order valence-corrected chi connectivity index (χ0v) is 22.6. The van der Waals surface area contributed by atoms with Crippen LogP contribution in [0.3, 0.4) is 0 Å². The molecule has 0 aliphatic heterocycles. The fourth-order valence-electron chi connectivity index (χ4n) is 5.02. The molecule has 0 saturated carbocycles. The van der Waals surface area contributed by atoms with E-state index in [0.717, 1.165) is 27.6 Å². The highest BCUT2D eigenvalue weighted by atomic mass is 19.4. The Bertz CT molecular complexity index is 1630. The van der Waals surface area contributed by atoms with Gasteiger partial charge in [0, 0.05) is 10.9 Å². The van der Waals surface area contributed by atoms with Crippen LogP contribution < -0.4 is 4.57 Å². The van der Waals surface area contributed by atoms with Crippen molar-refractivity contribution in [3.05, 3.63) is 95.7 Å². The SMILES string of the molecule is Cc1c(-c2ccc(CC(C)(C)C(F)(F)F)cc2)oc2c1cc[c-][n+]2-c1cc(C(C)(C)C)c2ccccc2c1. The van der Waals surface area contributed by atoms with Gasteiger partial charge in [-0.1, -0.05) is 89.2 Å². The predicted molar refractivity (Wildman–Crippen MR) is 147 cm³/mol. The van der Waals surface area contributed by atoms with Crippen molar-refractivity contribution in [1.29, 1.82) is 0 Å². The van der Waals surface area contributed by atoms with E-state index in [4.69, 9.17) is 4.42 Å². The van der Waals surface area contributed by atoms with Crippen LogP contribution in [0.4, 0.5) is 13.2 Å². The van der Waals surface area contributed by atoms with Gasteiger partial charge in [0.25, 0.3) is 5.71 Å². The van der Waals surface area contributed by atoms with Crippen molar-refractivity contribution in [2.24, 2.45) is 5.41 Å². The fraction of sp³-hybridized carbons (Fsp3) is 0.303. The summed E-state index contributed by atoms with van der Waals surface area (Å²) in [6.45, 7) is 11.1. The molecule has 0 aliphatic rings. The lowest BCUT2D eigenvalue weighted by Crippen LogP contribution is -2.34. The van der Waals surface area contributed by atoms with Crippen LogP contribution in [0.5, 0.6) is 0 Å². The first-order valence-corrected chi connectivity index (χ1v) is 12.8. The molecule has 38 heavy (non-hydrogen) atoms. The number of fused-ring (bicyclic) bond motifs is 2. The van der Waals surface area contributed by atoms with E-state index in [1.165, 1.54) is 24.8 Å². The molecule has 5 rings (SSSR count). The summed E-state index contributed by atoms with van der Waals surface area (Å²) in [4.78, 5) is 0. The Morgan fingerprint density at radius 3 is 2.18 bits per heavy atom. The first-order chi connectivity index (χ1) is 17.8. The van der Waals surface area contributed by atoms with E-state index in [2.05, 4.69) is 57.3 Å². The number of furan rings is 1. The van der Waals surface area contributed by atoms with Gasteiger partial charge in [-0.3, -0.25) is 0 Å². The zero-order valence-electron chi connectivity index (χ0n) is 22.6. The Hall–Kier alpha value is -3.60. The van der Waals surface area contributed by atoms with Crippen LogP contribution in [-0.2, 0) is 11.8 Å². The zero-order chi connectivity index (χ0) is 27.5. The number of hydrogen-bond donors (Lipinski definition) is 0. The monoisotopic (exact) mass is 515 g/mol. The van der Waals surface area contributed by atoms with Crippen LogP contribution >= 0.6 is 0 Å². The average molecular weight is 516 g/mol. The van der Waals surface area contributed by atoms with Crippen LogP contribution in [0.2, 0.25) is 0 Å². The van der Waals surface area contributed by atoms with Crippen molar-refractivity contribution in [2.75, 3.05) is 0 Å². The number of aromatic nitrogens is 1. The first kappa shape index (κ1) is 26.0. The number of hydrogen-bond acceptors (Lipinski definition) is 1. The maximum absolute atomic E-state index is 13.4. The second-order valence-electron chi connectivity index (χ2n) is 11.8. The molecule has 0 unspecified atom stereocenters. The largest absolute Gasteiger partial charge is 0.448 e. The summed E-state index contributed by atoms with van der Waals surface area (Å²) in [5.41, 5.74) is 3.47. The van der Waals surface area contributed by atoms with Crippen LogP contribution in [0.1, 0.15) is 51.3 Å². The van der Waals surface area contributed by atoms with Gasteiger partial charge in [0.05, 0.1) is 5.41 Å². The third kappa shape index (κ3) is 4.59. The standard InChI is InChI=1S/C33H32F3NO/c1-21-26-12-9-17-37(25-18-24-10-7-8-11-27(24)28(19-25)31(2,3)4)30(26)38-29(21)23-15-13-22(14-16-23)20-32(5,6)33(34,35)36/h7-16,18-19H,20H2,1-6H3. The van der Waals surface area contributed by atoms with Gasteiger partial charge in [-0.15, -0.1) is 6.07 Å². The Morgan fingerprint density at radius 2 is 1.53 bits per heavy atom. The van der Waals surface area contributed by atoms with Gasteiger partial charge in [-0.05, 0) is 58.4 Å². The lowest BCUT2D eigenvalue weighted by atomic mass is 9.83. The van der Waals surface area contributed by atoms with Gasteiger partial charge in [-0.2, -0.15) is 13.2 Å². The molecule has 5 aromatic rings. The summed E-state index contributed by atoms with van der Waals surface area (Å²) < 4.78 is 48.5. The number of benzene rings is 3. The number of halogens is 3. The number of pyridine rings is 1. The van der Waals surface area contributed by atoms with Crippen LogP contribution in [0, 0.1) is 18.5 Å². The van der Waals surface area contributed by atoms with Crippen LogP contribution in [0.25, 0.3) is 38.9 Å². The van der Waals surface area contributed by atoms with E-state index in [9.17, 15) is 13.2 Å². The third-order valence-electron chi connectivity index (χ3n) is 7.37. The maximum atomic E-state index is 13.4. The van der Waals surface area contributed by atoms with E-state index in [0.29, 0.717) is 17.0 Å². The molecule has 0 N–H and O–H groups in total. The second-order valence-corrected chi connectivity index (χ2v) is 11.8. The molecule has 3 aromatic carbocycles. The highest BCUT2D eigenvalue weighted by Crippen LogP contribution is 2.41. The molecule has 0 atom stereocenters. The van der Waals surface area contributed by atoms with E-state index < -0.39 is 11.6 Å². The molecule has 0 amide bonds. The number of nitrogens with zero attached hydrogens (tertiary/aromatic N) is 1. The van der Waals surface area contributed by atoms with E-state index in [-0.39, 0.29) is 11.8 Å². The van der Waals surface area contributed by atoms with E-state index in [1.54, 1.807) is 12.1 Å².